The Hall–Kier alpha value is -4.51. The molecule has 1 aromatic carbocycles. The molecule has 0 saturated carbocycles. The van der Waals surface area contributed by atoms with Gasteiger partial charge in [-0.25, -0.2) is 0 Å². The highest BCUT2D eigenvalue weighted by Gasteiger charge is 2.79. The molecule has 5 heterocycles. The number of rotatable bonds is 6. The van der Waals surface area contributed by atoms with Gasteiger partial charge in [0.15, 0.2) is 0 Å². The van der Waals surface area contributed by atoms with Crippen molar-refractivity contribution in [2.24, 2.45) is 0 Å². The highest BCUT2D eigenvalue weighted by Crippen LogP contribution is 2.52. The molecule has 75 heavy (non-hydrogen) atoms. The lowest BCUT2D eigenvalue weighted by Gasteiger charge is -2.31. The van der Waals surface area contributed by atoms with Gasteiger partial charge in [0.25, 0.3) is 10.1 Å². The quantitative estimate of drug-likeness (QED) is 0.159. The number of aliphatic hydroxyl groups excluding tert-OH is 2. The largest absolute Gasteiger partial charge is 0.465 e. The molecule has 4 saturated heterocycles. The molecule has 2 aromatic rings. The third-order valence-corrected chi connectivity index (χ3v) is 9.48. The number of hydrogen-bond acceptors (Lipinski definition) is 14. The smallest absolute Gasteiger partial charge is 0.449 e. The van der Waals surface area contributed by atoms with Crippen LogP contribution in [0.2, 0.25) is 0 Å². The van der Waals surface area contributed by atoms with Crippen LogP contribution < -0.4 is 0 Å². The molecule has 0 bridgehead atoms. The molecule has 434 valence electrons. The Balaban J connectivity index is 0.000000486. The van der Waals surface area contributed by atoms with E-state index in [1.54, 1.807) is 19.3 Å². The maximum absolute atomic E-state index is 12.7. The molecular weight excluding hydrogens is 1140 g/mol. The number of hydrogen-bond donors (Lipinski definition) is 2. The molecular formula is C36H33F24NO13S. The lowest BCUT2D eigenvalue weighted by atomic mass is 10.2. The molecule has 0 aliphatic carbocycles. The van der Waals surface area contributed by atoms with Gasteiger partial charge in [-0.15, -0.1) is 0 Å². The van der Waals surface area contributed by atoms with E-state index in [0.29, 0.717) is 0 Å². The summed E-state index contributed by atoms with van der Waals surface area (Å²) in [6.07, 6.45) is -46.1. The number of ether oxygens (including phenoxy) is 7. The summed E-state index contributed by atoms with van der Waals surface area (Å²) >= 11 is 0. The fourth-order valence-corrected chi connectivity index (χ4v) is 5.52. The minimum Gasteiger partial charge on any atom is -0.449 e. The lowest BCUT2D eigenvalue weighted by molar-refractivity contribution is -0.443. The maximum atomic E-state index is 12.7. The normalized spacial score (nSPS) is 21.4. The Morgan fingerprint density at radius 3 is 1.19 bits per heavy atom. The molecule has 0 radical (unpaired) electrons. The van der Waals surface area contributed by atoms with Crippen LogP contribution in [0.3, 0.4) is 0 Å². The van der Waals surface area contributed by atoms with Crippen LogP contribution in [0.15, 0.2) is 72.1 Å². The molecule has 3 unspecified atom stereocenters. The second-order valence-electron chi connectivity index (χ2n) is 14.1. The summed E-state index contributed by atoms with van der Waals surface area (Å²) in [6, 6.07) is 11.0. The summed E-state index contributed by atoms with van der Waals surface area (Å²) in [6.45, 7) is 0.399. The first-order valence-electron chi connectivity index (χ1n) is 19.0. The van der Waals surface area contributed by atoms with E-state index in [1.165, 1.54) is 24.3 Å². The molecule has 0 amide bonds. The van der Waals surface area contributed by atoms with Crippen LogP contribution in [0.25, 0.3) is 0 Å². The van der Waals surface area contributed by atoms with E-state index in [1.807, 2.05) is 18.2 Å². The van der Waals surface area contributed by atoms with Crippen molar-refractivity contribution in [3.63, 3.8) is 0 Å². The second-order valence-corrected chi connectivity index (χ2v) is 15.7. The van der Waals surface area contributed by atoms with E-state index < -0.39 is 134 Å². The number of Topliss-reactive ketones (excluding diaryl/α,β-unsaturated/α-hetero) is 1. The van der Waals surface area contributed by atoms with E-state index >= 15 is 0 Å². The van der Waals surface area contributed by atoms with Gasteiger partial charge in [0.1, 0.15) is 30.7 Å². The predicted octanol–water partition coefficient (Wildman–Crippen LogP) is 8.66. The maximum Gasteiger partial charge on any atom is 0.465 e. The number of aromatic nitrogens is 1. The molecule has 6 rings (SSSR count). The van der Waals surface area contributed by atoms with E-state index in [0.717, 1.165) is 12.2 Å². The average Bonchev–Trinajstić information content (AvgIpc) is 3.58. The van der Waals surface area contributed by atoms with Crippen molar-refractivity contribution in [2.45, 2.75) is 96.9 Å². The molecule has 4 aliphatic rings. The Morgan fingerprint density at radius 2 is 0.973 bits per heavy atom. The molecule has 4 fully saturated rings. The first kappa shape index (κ1) is 68.5. The van der Waals surface area contributed by atoms with Gasteiger partial charge in [0, 0.05) is 12.4 Å². The van der Waals surface area contributed by atoms with E-state index in [4.69, 9.17) is 10.2 Å². The van der Waals surface area contributed by atoms with Gasteiger partial charge in [-0.05, 0) is 31.2 Å². The van der Waals surface area contributed by atoms with Crippen LogP contribution in [-0.2, 0) is 52.3 Å². The monoisotopic (exact) mass is 1180 g/mol. The summed E-state index contributed by atoms with van der Waals surface area (Å²) < 4.78 is 342. The van der Waals surface area contributed by atoms with Crippen LogP contribution in [-0.4, -0.2) is 161 Å². The minimum absolute atomic E-state index is 0.190. The average molecular weight is 1180 g/mol. The fourth-order valence-electron chi connectivity index (χ4n) is 4.58. The van der Waals surface area contributed by atoms with Gasteiger partial charge in [0.2, 0.25) is 0 Å². The molecule has 14 nitrogen and oxygen atoms in total. The number of epoxide rings is 1. The number of aliphatic hydroxyl groups is 2. The summed E-state index contributed by atoms with van der Waals surface area (Å²) in [5.74, 6) is -18.4. The molecule has 3 atom stereocenters. The van der Waals surface area contributed by atoms with Gasteiger partial charge in [-0.3, -0.25) is 14.0 Å². The molecule has 0 spiro atoms. The highest BCUT2D eigenvalue weighted by molar-refractivity contribution is 7.86. The predicted molar refractivity (Wildman–Crippen MR) is 192 cm³/mol. The van der Waals surface area contributed by atoms with Crippen LogP contribution in [0, 0.1) is 6.92 Å². The van der Waals surface area contributed by atoms with Gasteiger partial charge in [-0.1, -0.05) is 30.3 Å². The van der Waals surface area contributed by atoms with Crippen molar-refractivity contribution in [3.05, 3.63) is 72.8 Å². The number of benzene rings is 1. The highest BCUT2D eigenvalue weighted by atomic mass is 32.2. The van der Waals surface area contributed by atoms with Crippen molar-refractivity contribution >= 4 is 15.9 Å². The number of nitrogens with zero attached hydrogens (tertiary/aromatic N) is 1. The van der Waals surface area contributed by atoms with Gasteiger partial charge < -0.3 is 43.4 Å². The SMILES string of the molecule is C=C1COC(C(F)(F)F)(C(F)(F)F)O1.Cc1ccc(S(=O)(=O)OCC2COC(C(F)(F)F)(C(F)(F)F)O2)cc1.O=C(C(F)(F)F)C(F)(F)F.OCC1CO1.OCC1COC(C(F)(F)F)(C(F)(F)F)O1.c1ccncc1. The van der Waals surface area contributed by atoms with E-state index in [2.05, 4.69) is 48.9 Å². The number of alkyl halides is 24. The topological polar surface area (TPSA) is 182 Å². The molecule has 39 heteroatoms. The lowest BCUT2D eigenvalue weighted by Crippen LogP contribution is -2.58. The second kappa shape index (κ2) is 25.3. The van der Waals surface area contributed by atoms with Crippen LogP contribution in [0.1, 0.15) is 5.56 Å². The number of halogens is 24. The standard InChI is InChI=1S/C13H12F6O5S.C6H6F6O3.C6H4F6O2.C5H5N.C3F6O.C3H6O2/c1-8-2-4-10(5-3-8)25(20,21)23-7-9-6-22-11(24-9,12(14,15)16)13(17,18)19;7-5(8,9)4(6(10,11)12)14-2-3(1-13)15-4;1-3-2-13-4(14-3,5(7,8)9)6(10,11)12;1-2-4-6-5-3-1;4-2(5,6)1(10)3(7,8)9;4-1-3-2-5-3/h2-5,9H,6-7H2,1H3;3,13H,1-2H2;1-2H2;1-5H;;3-4H,1-2H2. The van der Waals surface area contributed by atoms with Gasteiger partial charge in [-0.2, -0.15) is 114 Å². The van der Waals surface area contributed by atoms with Crippen LogP contribution in [0.4, 0.5) is 105 Å². The molecule has 1 aromatic heterocycles. The number of pyridine rings is 1. The zero-order chi connectivity index (χ0) is 58.7. The summed E-state index contributed by atoms with van der Waals surface area (Å²) in [5, 5.41) is 16.5. The van der Waals surface area contributed by atoms with Gasteiger partial charge in [0.05, 0.1) is 44.5 Å². The van der Waals surface area contributed by atoms with E-state index in [9.17, 15) is 119 Å². The Bertz CT molecular complexity index is 2110. The van der Waals surface area contributed by atoms with Crippen molar-refractivity contribution in [3.8, 4) is 0 Å². The summed E-state index contributed by atoms with van der Waals surface area (Å²) in [7, 11) is -4.37. The van der Waals surface area contributed by atoms with Crippen molar-refractivity contribution in [1.82, 2.24) is 4.98 Å². The molecule has 2 N–H and O–H groups in total. The third kappa shape index (κ3) is 18.9. The Labute approximate surface area is 403 Å². The van der Waals surface area contributed by atoms with Crippen molar-refractivity contribution in [1.29, 1.82) is 0 Å². The number of aryl methyl sites for hydroxylation is 1. The van der Waals surface area contributed by atoms with Crippen LogP contribution >= 0.6 is 0 Å². The third-order valence-electron chi connectivity index (χ3n) is 8.18. The number of ketones is 1. The first-order chi connectivity index (χ1) is 33.6. The number of carbonyl (C=O) groups is 1. The minimum atomic E-state index is -5.89. The van der Waals surface area contributed by atoms with Crippen LogP contribution in [0.5, 0.6) is 0 Å². The Morgan fingerprint density at radius 1 is 0.600 bits per heavy atom. The fraction of sp³-hybridized carbons (Fsp3) is 0.611. The van der Waals surface area contributed by atoms with E-state index in [-0.39, 0.29) is 17.6 Å². The summed E-state index contributed by atoms with van der Waals surface area (Å²) in [5.41, 5.74) is 0.742. The van der Waals surface area contributed by atoms with Gasteiger partial charge >= 0.3 is 72.6 Å². The van der Waals surface area contributed by atoms with Crippen molar-refractivity contribution in [2.75, 3.05) is 46.2 Å². The first-order valence-corrected chi connectivity index (χ1v) is 20.4. The zero-order valence-electron chi connectivity index (χ0n) is 36.4. The Kier molecular flexibility index (Phi) is 23.1. The number of carbonyl (C=O) groups excluding carboxylic acids is 1. The summed E-state index contributed by atoms with van der Waals surface area (Å²) in [4.78, 5) is 12.7. The molecule has 4 aliphatic heterocycles. The zero-order valence-corrected chi connectivity index (χ0v) is 37.2. The van der Waals surface area contributed by atoms with Crippen molar-refractivity contribution < 1.29 is 166 Å².